The first-order valence-corrected chi connectivity index (χ1v) is 11.4. The highest BCUT2D eigenvalue weighted by Gasteiger charge is 2.58. The van der Waals surface area contributed by atoms with Gasteiger partial charge in [0.05, 0.1) is 11.8 Å². The minimum atomic E-state index is -0.641. The topological polar surface area (TPSA) is 91.8 Å². The van der Waals surface area contributed by atoms with Crippen molar-refractivity contribution in [2.45, 2.75) is 52.0 Å². The van der Waals surface area contributed by atoms with Crippen LogP contribution in [0.3, 0.4) is 0 Å². The highest BCUT2D eigenvalue weighted by molar-refractivity contribution is 6.23. The Bertz CT molecular complexity index is 1230. The summed E-state index contributed by atoms with van der Waals surface area (Å²) in [6.07, 6.45) is 3.98. The van der Waals surface area contributed by atoms with E-state index in [0.29, 0.717) is 28.7 Å². The first-order valence-electron chi connectivity index (χ1n) is 11.4. The lowest BCUT2D eigenvalue weighted by Gasteiger charge is -2.42. The Morgan fingerprint density at radius 3 is 2.36 bits per heavy atom. The summed E-state index contributed by atoms with van der Waals surface area (Å²) >= 11 is 0. The summed E-state index contributed by atoms with van der Waals surface area (Å²) in [5.41, 5.74) is 1.92. The second kappa shape index (κ2) is 7.11. The molecule has 3 aliphatic carbocycles. The molecule has 4 aliphatic rings. The SMILES string of the molecule is CC1=CC(=O)C2=C(CC3C(=CCC4C(=O)N(C(C)(C)C)C(=O)C43)C2c2ccccc2O)C1=O. The molecule has 0 bridgehead atoms. The van der Waals surface area contributed by atoms with Crippen molar-refractivity contribution >= 4 is 23.4 Å². The van der Waals surface area contributed by atoms with Gasteiger partial charge in [0, 0.05) is 33.7 Å². The maximum absolute atomic E-state index is 13.6. The van der Waals surface area contributed by atoms with E-state index in [-0.39, 0.29) is 41.5 Å². The zero-order chi connectivity index (χ0) is 23.8. The number of carbonyl (C=O) groups is 4. The minimum Gasteiger partial charge on any atom is -0.508 e. The molecule has 0 aromatic heterocycles. The van der Waals surface area contributed by atoms with Crippen molar-refractivity contribution in [2.24, 2.45) is 17.8 Å². The molecule has 4 atom stereocenters. The fraction of sp³-hybridized carbons (Fsp3) is 0.407. The number of aromatic hydroxyl groups is 1. The number of carbonyl (C=O) groups excluding carboxylic acids is 4. The molecule has 1 fully saturated rings. The molecule has 6 heteroatoms. The molecular formula is C27H27NO5. The number of amides is 2. The lowest BCUT2D eigenvalue weighted by molar-refractivity contribution is -0.145. The van der Waals surface area contributed by atoms with Gasteiger partial charge in [-0.25, -0.2) is 0 Å². The van der Waals surface area contributed by atoms with Crippen molar-refractivity contribution in [1.29, 1.82) is 0 Å². The van der Waals surface area contributed by atoms with Gasteiger partial charge in [-0.3, -0.25) is 24.1 Å². The van der Waals surface area contributed by atoms with Crippen molar-refractivity contribution in [2.75, 3.05) is 0 Å². The number of phenols is 1. The van der Waals surface area contributed by atoms with Gasteiger partial charge in [0.15, 0.2) is 11.6 Å². The number of likely N-dealkylation sites (tertiary alicyclic amines) is 1. The van der Waals surface area contributed by atoms with Crippen molar-refractivity contribution < 1.29 is 24.3 Å². The van der Waals surface area contributed by atoms with Gasteiger partial charge >= 0.3 is 0 Å². The molecule has 1 saturated heterocycles. The van der Waals surface area contributed by atoms with E-state index in [9.17, 15) is 24.3 Å². The van der Waals surface area contributed by atoms with Gasteiger partial charge < -0.3 is 5.11 Å². The Labute approximate surface area is 192 Å². The number of nitrogens with zero attached hydrogens (tertiary/aromatic N) is 1. The standard InChI is InChI=1S/C27H27NO5/c1-13-11-20(30)23-18(24(13)31)12-17-14(21(23)15-7-5-6-8-19(15)29)9-10-16-22(17)26(33)28(25(16)32)27(2,3)4/h5-9,11,16-17,21-22,29H,10,12H2,1-4H3. The Morgan fingerprint density at radius 2 is 1.70 bits per heavy atom. The molecule has 0 spiro atoms. The molecule has 1 N–H and O–H groups in total. The molecule has 1 heterocycles. The molecule has 33 heavy (non-hydrogen) atoms. The number of fused-ring (bicyclic) bond motifs is 3. The molecule has 0 radical (unpaired) electrons. The van der Waals surface area contributed by atoms with Crippen molar-refractivity contribution in [3.8, 4) is 5.75 Å². The van der Waals surface area contributed by atoms with Crippen LogP contribution in [0.2, 0.25) is 0 Å². The minimum absolute atomic E-state index is 0.0368. The van der Waals surface area contributed by atoms with E-state index in [1.54, 1.807) is 31.2 Å². The van der Waals surface area contributed by atoms with Gasteiger partial charge in [-0.05, 0) is 58.6 Å². The van der Waals surface area contributed by atoms with Gasteiger partial charge in [0.1, 0.15) is 5.75 Å². The van der Waals surface area contributed by atoms with E-state index in [1.165, 1.54) is 11.0 Å². The third-order valence-corrected chi connectivity index (χ3v) is 7.48. The van der Waals surface area contributed by atoms with Crippen LogP contribution in [-0.2, 0) is 19.2 Å². The van der Waals surface area contributed by atoms with Crippen LogP contribution in [0.15, 0.2) is 58.7 Å². The average Bonchev–Trinajstić information content (AvgIpc) is 3.01. The smallest absolute Gasteiger partial charge is 0.234 e. The number of Topliss-reactive ketones (excluding diaryl/α,β-unsaturated/α-hetero) is 1. The quantitative estimate of drug-likeness (QED) is 0.405. The van der Waals surface area contributed by atoms with E-state index >= 15 is 0 Å². The van der Waals surface area contributed by atoms with Crippen LogP contribution in [0.4, 0.5) is 0 Å². The van der Waals surface area contributed by atoms with Crippen molar-refractivity contribution in [3.05, 3.63) is 64.3 Å². The zero-order valence-corrected chi connectivity index (χ0v) is 19.2. The molecule has 170 valence electrons. The summed E-state index contributed by atoms with van der Waals surface area (Å²) in [4.78, 5) is 54.5. The third-order valence-electron chi connectivity index (χ3n) is 7.48. The Balaban J connectivity index is 1.70. The second-order valence-corrected chi connectivity index (χ2v) is 10.5. The Hall–Kier alpha value is -3.28. The summed E-state index contributed by atoms with van der Waals surface area (Å²) in [6, 6.07) is 6.81. The number of ketones is 2. The summed E-state index contributed by atoms with van der Waals surface area (Å²) in [6.45, 7) is 7.16. The molecule has 1 aromatic carbocycles. The first kappa shape index (κ1) is 21.6. The number of hydrogen-bond acceptors (Lipinski definition) is 5. The van der Waals surface area contributed by atoms with Crippen LogP contribution in [-0.4, -0.2) is 38.9 Å². The van der Waals surface area contributed by atoms with Crippen LogP contribution in [0.1, 0.15) is 52.0 Å². The lowest BCUT2D eigenvalue weighted by atomic mass is 9.59. The van der Waals surface area contributed by atoms with E-state index in [2.05, 4.69) is 0 Å². The van der Waals surface area contributed by atoms with E-state index in [0.717, 1.165) is 5.57 Å². The van der Waals surface area contributed by atoms with Crippen molar-refractivity contribution in [1.82, 2.24) is 4.90 Å². The maximum atomic E-state index is 13.6. The van der Waals surface area contributed by atoms with Crippen LogP contribution >= 0.6 is 0 Å². The highest BCUT2D eigenvalue weighted by Crippen LogP contribution is 2.56. The van der Waals surface area contributed by atoms with Crippen LogP contribution in [0.25, 0.3) is 0 Å². The van der Waals surface area contributed by atoms with E-state index in [1.807, 2.05) is 26.8 Å². The van der Waals surface area contributed by atoms with Crippen LogP contribution in [0.5, 0.6) is 5.75 Å². The zero-order valence-electron chi connectivity index (χ0n) is 19.2. The Morgan fingerprint density at radius 1 is 1.00 bits per heavy atom. The normalized spacial score (nSPS) is 29.5. The molecule has 4 unspecified atom stereocenters. The molecule has 5 rings (SSSR count). The van der Waals surface area contributed by atoms with Gasteiger partial charge in [-0.2, -0.15) is 0 Å². The molecular weight excluding hydrogens is 418 g/mol. The number of para-hydroxylation sites is 1. The summed E-state index contributed by atoms with van der Waals surface area (Å²) in [7, 11) is 0. The monoisotopic (exact) mass is 445 g/mol. The van der Waals surface area contributed by atoms with E-state index in [4.69, 9.17) is 0 Å². The largest absolute Gasteiger partial charge is 0.508 e. The third kappa shape index (κ3) is 3.00. The predicted octanol–water partition coefficient (Wildman–Crippen LogP) is 3.62. The van der Waals surface area contributed by atoms with Crippen LogP contribution in [0, 0.1) is 17.8 Å². The van der Waals surface area contributed by atoms with Crippen molar-refractivity contribution in [3.63, 3.8) is 0 Å². The molecule has 6 nitrogen and oxygen atoms in total. The number of phenolic OH excluding ortho intramolecular Hbond substituents is 1. The second-order valence-electron chi connectivity index (χ2n) is 10.5. The van der Waals surface area contributed by atoms with Crippen LogP contribution < -0.4 is 0 Å². The maximum Gasteiger partial charge on any atom is 0.234 e. The summed E-state index contributed by atoms with van der Waals surface area (Å²) in [5.74, 6) is -2.82. The van der Waals surface area contributed by atoms with E-state index < -0.39 is 23.3 Å². The number of rotatable bonds is 1. The molecule has 1 aliphatic heterocycles. The highest BCUT2D eigenvalue weighted by atomic mass is 16.3. The number of hydrogen-bond donors (Lipinski definition) is 1. The Kier molecular flexibility index (Phi) is 4.64. The lowest BCUT2D eigenvalue weighted by Crippen LogP contribution is -2.46. The first-order chi connectivity index (χ1) is 15.5. The van der Waals surface area contributed by atoms with Gasteiger partial charge in [0.25, 0.3) is 0 Å². The predicted molar refractivity (Wildman–Crippen MR) is 121 cm³/mol. The number of allylic oxidation sites excluding steroid dienone is 6. The number of imide groups is 1. The summed E-state index contributed by atoms with van der Waals surface area (Å²) in [5, 5.41) is 10.7. The molecule has 0 saturated carbocycles. The average molecular weight is 446 g/mol. The van der Waals surface area contributed by atoms with Gasteiger partial charge in [-0.1, -0.05) is 29.8 Å². The fourth-order valence-electron chi connectivity index (χ4n) is 6.13. The molecule has 2 amide bonds. The summed E-state index contributed by atoms with van der Waals surface area (Å²) < 4.78 is 0. The fourth-order valence-corrected chi connectivity index (χ4v) is 6.13. The molecule has 1 aromatic rings. The van der Waals surface area contributed by atoms with Gasteiger partial charge in [0.2, 0.25) is 11.8 Å². The number of benzene rings is 1. The van der Waals surface area contributed by atoms with Gasteiger partial charge in [-0.15, -0.1) is 0 Å².